The minimum atomic E-state index is -3.65. The Hall–Kier alpha value is -0.720. The van der Waals surface area contributed by atoms with Gasteiger partial charge >= 0.3 is 0 Å². The van der Waals surface area contributed by atoms with Gasteiger partial charge in [-0.2, -0.15) is 11.8 Å². The van der Waals surface area contributed by atoms with E-state index < -0.39 is 10.0 Å². The summed E-state index contributed by atoms with van der Waals surface area (Å²) in [7, 11) is -3.65. The number of primary sulfonamides is 1. The number of aryl methyl sites for hydroxylation is 1. The maximum atomic E-state index is 11.5. The van der Waals surface area contributed by atoms with Crippen molar-refractivity contribution in [2.24, 2.45) is 5.14 Å². The highest BCUT2D eigenvalue weighted by Crippen LogP contribution is 2.29. The maximum Gasteiger partial charge on any atom is 0.238 e. The molecule has 18 heavy (non-hydrogen) atoms. The van der Waals surface area contributed by atoms with Crippen molar-refractivity contribution in [2.45, 2.75) is 36.5 Å². The van der Waals surface area contributed by atoms with Crippen LogP contribution in [0.4, 0.5) is 5.69 Å². The second-order valence-corrected chi connectivity index (χ2v) is 7.66. The average Bonchev–Trinajstić information content (AvgIpc) is 2.66. The molecule has 3 N–H and O–H groups in total. The molecule has 0 radical (unpaired) electrons. The van der Waals surface area contributed by atoms with Crippen LogP contribution in [0.5, 0.6) is 0 Å². The molecule has 0 saturated carbocycles. The highest BCUT2D eigenvalue weighted by molar-refractivity contribution is 8.00. The Morgan fingerprint density at radius 3 is 2.72 bits per heavy atom. The van der Waals surface area contributed by atoms with Crippen LogP contribution in [0.2, 0.25) is 0 Å². The Balaban J connectivity index is 2.25. The zero-order valence-electron chi connectivity index (χ0n) is 10.5. The van der Waals surface area contributed by atoms with Crippen molar-refractivity contribution in [1.82, 2.24) is 0 Å². The molecule has 4 nitrogen and oxygen atoms in total. The predicted octanol–water partition coefficient (Wildman–Crippen LogP) is 1.95. The normalized spacial score (nSPS) is 24.2. The fourth-order valence-electron chi connectivity index (χ4n) is 2.13. The van der Waals surface area contributed by atoms with E-state index in [9.17, 15) is 8.42 Å². The fraction of sp³-hybridized carbons (Fsp3) is 0.500. The van der Waals surface area contributed by atoms with Crippen LogP contribution in [0, 0.1) is 6.92 Å². The van der Waals surface area contributed by atoms with Gasteiger partial charge in [0.05, 0.1) is 4.90 Å². The number of rotatable bonds is 3. The first-order valence-corrected chi connectivity index (χ1v) is 8.49. The molecule has 1 saturated heterocycles. The Labute approximate surface area is 112 Å². The number of hydrogen-bond acceptors (Lipinski definition) is 4. The molecule has 1 aromatic carbocycles. The van der Waals surface area contributed by atoms with Gasteiger partial charge < -0.3 is 5.32 Å². The zero-order valence-corrected chi connectivity index (χ0v) is 12.1. The lowest BCUT2D eigenvalue weighted by Gasteiger charge is -2.18. The third-order valence-corrected chi connectivity index (χ3v) is 5.60. The topological polar surface area (TPSA) is 72.2 Å². The standard InChI is InChI=1S/C12H18N2O2S2/c1-8-3-4-10(7-12(8)18(13,15)16)14-11-5-6-17-9(11)2/h3-4,7,9,11,14H,5-6H2,1-2H3,(H2,13,15,16). The Morgan fingerprint density at radius 1 is 1.44 bits per heavy atom. The first-order chi connectivity index (χ1) is 8.38. The predicted molar refractivity (Wildman–Crippen MR) is 76.5 cm³/mol. The molecule has 1 fully saturated rings. The highest BCUT2D eigenvalue weighted by atomic mass is 32.2. The summed E-state index contributed by atoms with van der Waals surface area (Å²) < 4.78 is 22.9. The molecule has 0 aliphatic carbocycles. The molecule has 1 aliphatic rings. The fourth-order valence-corrected chi connectivity index (χ4v) is 4.14. The molecule has 2 unspecified atom stereocenters. The Morgan fingerprint density at radius 2 is 2.17 bits per heavy atom. The molecule has 0 spiro atoms. The summed E-state index contributed by atoms with van der Waals surface area (Å²) in [5, 5.41) is 9.14. The van der Waals surface area contributed by atoms with Crippen LogP contribution < -0.4 is 10.5 Å². The number of benzene rings is 1. The summed E-state index contributed by atoms with van der Waals surface area (Å²) in [6.07, 6.45) is 1.10. The third kappa shape index (κ3) is 2.99. The van der Waals surface area contributed by atoms with Crippen LogP contribution >= 0.6 is 11.8 Å². The van der Waals surface area contributed by atoms with Gasteiger partial charge in [0, 0.05) is 17.0 Å². The van der Waals surface area contributed by atoms with E-state index in [1.165, 1.54) is 0 Å². The minimum absolute atomic E-state index is 0.200. The minimum Gasteiger partial charge on any atom is -0.381 e. The van der Waals surface area contributed by atoms with Gasteiger partial charge in [0.1, 0.15) is 0 Å². The number of sulfonamides is 1. The second kappa shape index (κ2) is 5.11. The smallest absolute Gasteiger partial charge is 0.238 e. The summed E-state index contributed by atoms with van der Waals surface area (Å²) in [5.74, 6) is 1.15. The lowest BCUT2D eigenvalue weighted by Crippen LogP contribution is -2.25. The summed E-state index contributed by atoms with van der Waals surface area (Å²) in [5.41, 5.74) is 1.50. The van der Waals surface area contributed by atoms with Crippen LogP contribution in [0.3, 0.4) is 0 Å². The van der Waals surface area contributed by atoms with Gasteiger partial charge in [-0.15, -0.1) is 0 Å². The summed E-state index contributed by atoms with van der Waals surface area (Å²) in [6.45, 7) is 3.93. The number of anilines is 1. The van der Waals surface area contributed by atoms with Crippen molar-refractivity contribution >= 4 is 27.5 Å². The van der Waals surface area contributed by atoms with Crippen LogP contribution in [-0.2, 0) is 10.0 Å². The van der Waals surface area contributed by atoms with Gasteiger partial charge in [-0.05, 0) is 36.8 Å². The Kier molecular flexibility index (Phi) is 3.89. The van der Waals surface area contributed by atoms with E-state index in [1.807, 2.05) is 17.8 Å². The Bertz CT molecular complexity index is 543. The van der Waals surface area contributed by atoms with Gasteiger partial charge in [-0.25, -0.2) is 13.6 Å². The van der Waals surface area contributed by atoms with E-state index in [4.69, 9.17) is 5.14 Å². The largest absolute Gasteiger partial charge is 0.381 e. The van der Waals surface area contributed by atoms with Gasteiger partial charge in [-0.3, -0.25) is 0 Å². The third-order valence-electron chi connectivity index (χ3n) is 3.22. The SMILES string of the molecule is Cc1ccc(NC2CCSC2C)cc1S(N)(=O)=O. The average molecular weight is 286 g/mol. The molecule has 2 atom stereocenters. The summed E-state index contributed by atoms with van der Waals surface area (Å²) in [4.78, 5) is 0.200. The molecule has 0 amide bonds. The van der Waals surface area contributed by atoms with Crippen molar-refractivity contribution in [2.75, 3.05) is 11.1 Å². The van der Waals surface area contributed by atoms with Crippen LogP contribution in [0.1, 0.15) is 18.9 Å². The number of hydrogen-bond donors (Lipinski definition) is 2. The summed E-state index contributed by atoms with van der Waals surface area (Å²) in [6, 6.07) is 5.71. The quantitative estimate of drug-likeness (QED) is 0.891. The maximum absolute atomic E-state index is 11.5. The zero-order chi connectivity index (χ0) is 13.3. The molecule has 1 aromatic rings. The van der Waals surface area contributed by atoms with Crippen molar-refractivity contribution in [1.29, 1.82) is 0 Å². The summed E-state index contributed by atoms with van der Waals surface area (Å²) >= 11 is 1.93. The number of nitrogens with one attached hydrogen (secondary N) is 1. The monoisotopic (exact) mass is 286 g/mol. The van der Waals surface area contributed by atoms with Crippen molar-refractivity contribution in [3.8, 4) is 0 Å². The van der Waals surface area contributed by atoms with Crippen LogP contribution in [0.15, 0.2) is 23.1 Å². The van der Waals surface area contributed by atoms with E-state index in [0.29, 0.717) is 16.9 Å². The molecular weight excluding hydrogens is 268 g/mol. The second-order valence-electron chi connectivity index (χ2n) is 4.64. The molecule has 0 aromatic heterocycles. The molecule has 1 heterocycles. The van der Waals surface area contributed by atoms with Crippen molar-refractivity contribution < 1.29 is 8.42 Å². The van der Waals surface area contributed by atoms with Gasteiger partial charge in [-0.1, -0.05) is 13.0 Å². The number of nitrogens with two attached hydrogens (primary N) is 1. The van der Waals surface area contributed by atoms with Crippen molar-refractivity contribution in [3.63, 3.8) is 0 Å². The van der Waals surface area contributed by atoms with E-state index >= 15 is 0 Å². The molecule has 100 valence electrons. The lowest BCUT2D eigenvalue weighted by molar-refractivity contribution is 0.597. The van der Waals surface area contributed by atoms with Crippen LogP contribution in [-0.4, -0.2) is 25.5 Å². The van der Waals surface area contributed by atoms with E-state index in [1.54, 1.807) is 19.1 Å². The van der Waals surface area contributed by atoms with Gasteiger partial charge in [0.25, 0.3) is 0 Å². The van der Waals surface area contributed by atoms with E-state index in [0.717, 1.165) is 17.9 Å². The molecule has 0 bridgehead atoms. The molecular formula is C12H18N2O2S2. The van der Waals surface area contributed by atoms with Crippen LogP contribution in [0.25, 0.3) is 0 Å². The molecule has 6 heteroatoms. The molecule has 2 rings (SSSR count). The first-order valence-electron chi connectivity index (χ1n) is 5.89. The molecule has 1 aliphatic heterocycles. The van der Waals surface area contributed by atoms with E-state index in [-0.39, 0.29) is 4.90 Å². The van der Waals surface area contributed by atoms with Gasteiger partial charge in [0.15, 0.2) is 0 Å². The number of thioether (sulfide) groups is 1. The van der Waals surface area contributed by atoms with Crippen molar-refractivity contribution in [3.05, 3.63) is 23.8 Å². The van der Waals surface area contributed by atoms with E-state index in [2.05, 4.69) is 12.2 Å². The lowest BCUT2D eigenvalue weighted by atomic mass is 10.1. The highest BCUT2D eigenvalue weighted by Gasteiger charge is 2.24. The van der Waals surface area contributed by atoms with Gasteiger partial charge in [0.2, 0.25) is 10.0 Å². The first kappa shape index (κ1) is 13.7.